The summed E-state index contributed by atoms with van der Waals surface area (Å²) in [4.78, 5) is 17.3. The Kier molecular flexibility index (Phi) is 7.83. The van der Waals surface area contributed by atoms with Gasteiger partial charge in [0.25, 0.3) is 5.91 Å². The van der Waals surface area contributed by atoms with Gasteiger partial charge in [-0.2, -0.15) is 0 Å². The Morgan fingerprint density at radius 1 is 1.09 bits per heavy atom. The first kappa shape index (κ1) is 25.3. The molecule has 1 heterocycles. The summed E-state index contributed by atoms with van der Waals surface area (Å²) >= 11 is 1.34. The Balaban J connectivity index is 1.38. The largest absolute Gasteiger partial charge is 0.486 e. The number of halogens is 1. The molecule has 0 spiro atoms. The first-order valence-corrected chi connectivity index (χ1v) is 13.8. The Morgan fingerprint density at radius 3 is 2.43 bits per heavy atom. The molecule has 186 valence electrons. The minimum atomic E-state index is -3.84. The standard InChI is InChI=1S/C25H28FN3O4S2/c1-16-11-17(2)13-19(12-16)33-14-24-27-23(15-34-24)25(30)28-21-5-3-4-6-22(21)29-35(31,32)20-9-7-18(26)8-10-20/h7-13,15,21-22,29H,3-6,14H2,1-2H3,(H,28,30)/t21-,22-/m0/s1. The van der Waals surface area contributed by atoms with Crippen LogP contribution in [0.2, 0.25) is 0 Å². The van der Waals surface area contributed by atoms with Crippen molar-refractivity contribution in [3.05, 3.63) is 75.5 Å². The molecule has 10 heteroatoms. The lowest BCUT2D eigenvalue weighted by Gasteiger charge is -2.32. The molecule has 2 atom stereocenters. The van der Waals surface area contributed by atoms with Gasteiger partial charge in [-0.05, 0) is 74.2 Å². The van der Waals surface area contributed by atoms with E-state index in [2.05, 4.69) is 21.1 Å². The SMILES string of the molecule is Cc1cc(C)cc(OCc2nc(C(=O)N[C@H]3CCCC[C@@H]3NS(=O)(=O)c3ccc(F)cc3)cs2)c1. The molecule has 1 aromatic heterocycles. The van der Waals surface area contributed by atoms with Gasteiger partial charge in [-0.1, -0.05) is 18.9 Å². The molecule has 2 N–H and O–H groups in total. The molecule has 7 nitrogen and oxygen atoms in total. The summed E-state index contributed by atoms with van der Waals surface area (Å²) < 4.78 is 47.3. The summed E-state index contributed by atoms with van der Waals surface area (Å²) in [5, 5.41) is 5.30. The summed E-state index contributed by atoms with van der Waals surface area (Å²) in [7, 11) is -3.84. The third-order valence-electron chi connectivity index (χ3n) is 5.85. The Morgan fingerprint density at radius 2 is 1.74 bits per heavy atom. The maximum atomic E-state index is 13.2. The van der Waals surface area contributed by atoms with Crippen molar-refractivity contribution in [2.75, 3.05) is 0 Å². The molecule has 0 radical (unpaired) electrons. The fourth-order valence-corrected chi connectivity index (χ4v) is 6.21. The molecule has 1 aliphatic rings. The van der Waals surface area contributed by atoms with Crippen LogP contribution in [-0.4, -0.2) is 31.4 Å². The van der Waals surface area contributed by atoms with E-state index in [1.807, 2.05) is 26.0 Å². The number of thiazole rings is 1. The fraction of sp³-hybridized carbons (Fsp3) is 0.360. The van der Waals surface area contributed by atoms with Crippen molar-refractivity contribution in [1.29, 1.82) is 0 Å². The predicted molar refractivity (Wildman–Crippen MR) is 133 cm³/mol. The zero-order chi connectivity index (χ0) is 25.0. The van der Waals surface area contributed by atoms with E-state index in [9.17, 15) is 17.6 Å². The van der Waals surface area contributed by atoms with E-state index in [4.69, 9.17) is 4.74 Å². The van der Waals surface area contributed by atoms with Gasteiger partial charge < -0.3 is 10.1 Å². The van der Waals surface area contributed by atoms with Crippen LogP contribution in [0.4, 0.5) is 4.39 Å². The monoisotopic (exact) mass is 517 g/mol. The second-order valence-corrected chi connectivity index (χ2v) is 11.4. The highest BCUT2D eigenvalue weighted by molar-refractivity contribution is 7.89. The number of aromatic nitrogens is 1. The minimum Gasteiger partial charge on any atom is -0.486 e. The van der Waals surface area contributed by atoms with E-state index in [-0.39, 0.29) is 29.1 Å². The highest BCUT2D eigenvalue weighted by atomic mass is 32.2. The highest BCUT2D eigenvalue weighted by Crippen LogP contribution is 2.23. The van der Waals surface area contributed by atoms with Gasteiger partial charge in [-0.25, -0.2) is 22.5 Å². The highest BCUT2D eigenvalue weighted by Gasteiger charge is 2.31. The second kappa shape index (κ2) is 10.8. The number of carbonyl (C=O) groups excluding carboxylic acids is 1. The van der Waals surface area contributed by atoms with E-state index < -0.39 is 21.9 Å². The van der Waals surface area contributed by atoms with Crippen molar-refractivity contribution in [2.45, 2.75) is 63.1 Å². The van der Waals surface area contributed by atoms with E-state index in [0.29, 0.717) is 17.8 Å². The number of aryl methyl sites for hydroxylation is 2. The zero-order valence-electron chi connectivity index (χ0n) is 19.6. The van der Waals surface area contributed by atoms with Crippen LogP contribution in [0.5, 0.6) is 5.75 Å². The number of nitrogens with one attached hydrogen (secondary N) is 2. The van der Waals surface area contributed by atoms with Crippen LogP contribution in [0.3, 0.4) is 0 Å². The van der Waals surface area contributed by atoms with Gasteiger partial charge in [0.2, 0.25) is 10.0 Å². The summed E-state index contributed by atoms with van der Waals surface area (Å²) in [5.41, 5.74) is 2.49. The summed E-state index contributed by atoms with van der Waals surface area (Å²) in [6.45, 7) is 4.26. The molecule has 2 aromatic carbocycles. The lowest BCUT2D eigenvalue weighted by Crippen LogP contribution is -2.53. The zero-order valence-corrected chi connectivity index (χ0v) is 21.2. The van der Waals surface area contributed by atoms with Crippen LogP contribution in [0.15, 0.2) is 52.7 Å². The van der Waals surface area contributed by atoms with E-state index in [1.54, 1.807) is 5.38 Å². The predicted octanol–water partition coefficient (Wildman–Crippen LogP) is 4.50. The maximum absolute atomic E-state index is 13.2. The van der Waals surface area contributed by atoms with E-state index in [1.165, 1.54) is 23.5 Å². The number of hydrogen-bond acceptors (Lipinski definition) is 6. The number of amides is 1. The first-order valence-electron chi connectivity index (χ1n) is 11.4. The van der Waals surface area contributed by atoms with Crippen molar-refractivity contribution in [3.63, 3.8) is 0 Å². The Bertz CT molecular complexity index is 1270. The third-order valence-corrected chi connectivity index (χ3v) is 8.18. The summed E-state index contributed by atoms with van der Waals surface area (Å²) in [6, 6.07) is 9.80. The van der Waals surface area contributed by atoms with Gasteiger partial charge in [0.15, 0.2) is 0 Å². The molecule has 1 aliphatic carbocycles. The molecule has 1 fully saturated rings. The lowest BCUT2D eigenvalue weighted by molar-refractivity contribution is 0.0914. The molecular weight excluding hydrogens is 489 g/mol. The number of nitrogens with zero attached hydrogens (tertiary/aromatic N) is 1. The van der Waals surface area contributed by atoms with Gasteiger partial charge in [-0.15, -0.1) is 11.3 Å². The summed E-state index contributed by atoms with van der Waals surface area (Å²) in [5.74, 6) is -0.104. The van der Waals surface area contributed by atoms with Crippen molar-refractivity contribution in [2.24, 2.45) is 0 Å². The normalized spacial score (nSPS) is 18.3. The van der Waals surface area contributed by atoms with Crippen molar-refractivity contribution in [1.82, 2.24) is 15.0 Å². The van der Waals surface area contributed by atoms with Crippen LogP contribution < -0.4 is 14.8 Å². The average molecular weight is 518 g/mol. The van der Waals surface area contributed by atoms with Gasteiger partial charge >= 0.3 is 0 Å². The molecule has 0 unspecified atom stereocenters. The molecule has 1 saturated carbocycles. The topological polar surface area (TPSA) is 97.4 Å². The summed E-state index contributed by atoms with van der Waals surface area (Å²) in [6.07, 6.45) is 2.97. The van der Waals surface area contributed by atoms with Crippen LogP contribution in [-0.2, 0) is 16.6 Å². The van der Waals surface area contributed by atoms with Gasteiger partial charge in [0.05, 0.1) is 4.90 Å². The first-order chi connectivity index (χ1) is 16.7. The molecule has 4 rings (SSSR count). The van der Waals surface area contributed by atoms with Crippen LogP contribution in [0, 0.1) is 19.7 Å². The van der Waals surface area contributed by atoms with Gasteiger partial charge in [-0.3, -0.25) is 4.79 Å². The number of ether oxygens (including phenoxy) is 1. The van der Waals surface area contributed by atoms with Crippen LogP contribution in [0.25, 0.3) is 0 Å². The molecule has 1 amide bonds. The maximum Gasteiger partial charge on any atom is 0.271 e. The quantitative estimate of drug-likeness (QED) is 0.459. The van der Waals surface area contributed by atoms with Crippen molar-refractivity contribution >= 4 is 27.3 Å². The molecule has 0 saturated heterocycles. The van der Waals surface area contributed by atoms with Crippen LogP contribution in [0.1, 0.15) is 52.3 Å². The lowest BCUT2D eigenvalue weighted by atomic mass is 9.91. The molecule has 0 aliphatic heterocycles. The third kappa shape index (κ3) is 6.65. The number of carbonyl (C=O) groups is 1. The number of sulfonamides is 1. The Labute approximate surface area is 208 Å². The molecule has 35 heavy (non-hydrogen) atoms. The number of benzene rings is 2. The molecule has 0 bridgehead atoms. The molecule has 3 aromatic rings. The van der Waals surface area contributed by atoms with E-state index in [0.717, 1.165) is 41.9 Å². The molecular formula is C25H28FN3O4S2. The van der Waals surface area contributed by atoms with Gasteiger partial charge in [0, 0.05) is 17.5 Å². The van der Waals surface area contributed by atoms with E-state index >= 15 is 0 Å². The number of hydrogen-bond donors (Lipinski definition) is 2. The fourth-order valence-electron chi connectivity index (χ4n) is 4.21. The minimum absolute atomic E-state index is 0.0116. The Hall–Kier alpha value is -2.82. The number of rotatable bonds is 8. The van der Waals surface area contributed by atoms with Crippen LogP contribution >= 0.6 is 11.3 Å². The van der Waals surface area contributed by atoms with Gasteiger partial charge in [0.1, 0.15) is 28.9 Å². The second-order valence-electron chi connectivity index (χ2n) is 8.78. The van der Waals surface area contributed by atoms with Crippen molar-refractivity contribution < 1.29 is 22.3 Å². The smallest absolute Gasteiger partial charge is 0.271 e. The van der Waals surface area contributed by atoms with Crippen molar-refractivity contribution in [3.8, 4) is 5.75 Å². The average Bonchev–Trinajstić information content (AvgIpc) is 3.28.